The Morgan fingerprint density at radius 3 is 2.61 bits per heavy atom. The van der Waals surface area contributed by atoms with Crippen molar-refractivity contribution in [2.75, 3.05) is 6.54 Å². The minimum atomic E-state index is -0.179. The summed E-state index contributed by atoms with van der Waals surface area (Å²) in [7, 11) is 0. The van der Waals surface area contributed by atoms with Gasteiger partial charge in [0.1, 0.15) is 5.82 Å². The molecule has 0 fully saturated rings. The first kappa shape index (κ1) is 13.1. The van der Waals surface area contributed by atoms with Crippen molar-refractivity contribution in [2.24, 2.45) is 0 Å². The zero-order valence-corrected chi connectivity index (χ0v) is 11.0. The Hall–Kier alpha value is -1.38. The largest absolute Gasteiger partial charge is 0.313 e. The van der Waals surface area contributed by atoms with Crippen LogP contribution in [0.2, 0.25) is 5.02 Å². The van der Waals surface area contributed by atoms with Crippen LogP contribution in [0.3, 0.4) is 0 Å². The van der Waals surface area contributed by atoms with Gasteiger partial charge in [0.25, 0.3) is 0 Å². The fourth-order valence-corrected chi connectivity index (χ4v) is 2.01. The van der Waals surface area contributed by atoms with Crippen LogP contribution in [0.25, 0.3) is 11.1 Å². The van der Waals surface area contributed by atoms with Crippen molar-refractivity contribution in [3.05, 3.63) is 58.9 Å². The molecule has 0 aliphatic rings. The van der Waals surface area contributed by atoms with Crippen LogP contribution in [-0.4, -0.2) is 6.54 Å². The Morgan fingerprint density at radius 2 is 1.89 bits per heavy atom. The molecule has 0 aliphatic heterocycles. The summed E-state index contributed by atoms with van der Waals surface area (Å²) in [4.78, 5) is 0. The maximum Gasteiger partial charge on any atom is 0.127 e. The highest BCUT2D eigenvalue weighted by atomic mass is 35.5. The molecule has 0 heterocycles. The Morgan fingerprint density at radius 1 is 1.11 bits per heavy atom. The second-order valence-electron chi connectivity index (χ2n) is 4.10. The van der Waals surface area contributed by atoms with Gasteiger partial charge in [-0.3, -0.25) is 0 Å². The summed E-state index contributed by atoms with van der Waals surface area (Å²) < 4.78 is 13.6. The molecule has 3 heteroatoms. The van der Waals surface area contributed by atoms with Crippen LogP contribution in [0.5, 0.6) is 0 Å². The van der Waals surface area contributed by atoms with Gasteiger partial charge in [-0.25, -0.2) is 4.39 Å². The Balaban J connectivity index is 2.34. The van der Waals surface area contributed by atoms with E-state index in [-0.39, 0.29) is 5.82 Å². The Kier molecular flexibility index (Phi) is 4.34. The summed E-state index contributed by atoms with van der Waals surface area (Å²) in [6, 6.07) is 12.7. The summed E-state index contributed by atoms with van der Waals surface area (Å²) in [5.74, 6) is -0.179. The fraction of sp³-hybridized carbons (Fsp3) is 0.200. The van der Waals surface area contributed by atoms with E-state index in [0.717, 1.165) is 17.7 Å². The van der Waals surface area contributed by atoms with Gasteiger partial charge in [0, 0.05) is 17.1 Å². The maximum atomic E-state index is 13.6. The molecule has 0 bridgehead atoms. The quantitative estimate of drug-likeness (QED) is 0.869. The van der Waals surface area contributed by atoms with Gasteiger partial charge in [-0.05, 0) is 41.9 Å². The van der Waals surface area contributed by atoms with E-state index in [1.807, 2.05) is 37.3 Å². The van der Waals surface area contributed by atoms with Crippen molar-refractivity contribution >= 4 is 11.6 Å². The molecule has 1 nitrogen and oxygen atoms in total. The lowest BCUT2D eigenvalue weighted by molar-refractivity contribution is 0.593. The van der Waals surface area contributed by atoms with Gasteiger partial charge < -0.3 is 5.32 Å². The summed E-state index contributed by atoms with van der Waals surface area (Å²) in [6.07, 6.45) is 0. The lowest BCUT2D eigenvalue weighted by atomic mass is 10.0. The van der Waals surface area contributed by atoms with Crippen LogP contribution in [0, 0.1) is 5.82 Å². The summed E-state index contributed by atoms with van der Waals surface area (Å²) in [5.41, 5.74) is 2.65. The molecule has 0 aromatic heterocycles. The van der Waals surface area contributed by atoms with Crippen molar-refractivity contribution in [1.82, 2.24) is 5.32 Å². The molecule has 1 N–H and O–H groups in total. The molecule has 0 spiro atoms. The van der Waals surface area contributed by atoms with Crippen LogP contribution in [0.4, 0.5) is 4.39 Å². The predicted molar refractivity (Wildman–Crippen MR) is 74.2 cm³/mol. The molecule has 18 heavy (non-hydrogen) atoms. The second-order valence-corrected chi connectivity index (χ2v) is 4.53. The van der Waals surface area contributed by atoms with Crippen molar-refractivity contribution in [3.8, 4) is 11.1 Å². The first-order valence-electron chi connectivity index (χ1n) is 5.96. The number of hydrogen-bond donors (Lipinski definition) is 1. The minimum absolute atomic E-state index is 0.179. The Bertz CT molecular complexity index is 540. The van der Waals surface area contributed by atoms with Gasteiger partial charge in [-0.2, -0.15) is 0 Å². The van der Waals surface area contributed by atoms with Crippen LogP contribution >= 0.6 is 11.6 Å². The third-order valence-corrected chi connectivity index (χ3v) is 3.00. The molecule has 0 amide bonds. The second kappa shape index (κ2) is 5.98. The lowest BCUT2D eigenvalue weighted by Crippen LogP contribution is -2.12. The standard InChI is InChI=1S/C15H15ClFN/c1-2-18-10-13-8-12(6-7-15(13)17)11-4-3-5-14(16)9-11/h3-9,18H,2,10H2,1H3. The number of hydrogen-bond acceptors (Lipinski definition) is 1. The molecule has 2 aromatic rings. The van der Waals surface area contributed by atoms with Crippen LogP contribution < -0.4 is 5.32 Å². The van der Waals surface area contributed by atoms with E-state index < -0.39 is 0 Å². The van der Waals surface area contributed by atoms with Gasteiger partial charge in [0.05, 0.1) is 0 Å². The number of nitrogens with one attached hydrogen (secondary N) is 1. The summed E-state index contributed by atoms with van der Waals surface area (Å²) in [5, 5.41) is 3.81. The topological polar surface area (TPSA) is 12.0 Å². The number of halogens is 2. The van der Waals surface area contributed by atoms with Gasteiger partial charge in [-0.15, -0.1) is 0 Å². The van der Waals surface area contributed by atoms with Crippen molar-refractivity contribution < 1.29 is 4.39 Å². The monoisotopic (exact) mass is 263 g/mol. The van der Waals surface area contributed by atoms with E-state index >= 15 is 0 Å². The summed E-state index contributed by atoms with van der Waals surface area (Å²) >= 11 is 5.96. The molecule has 2 rings (SSSR count). The lowest BCUT2D eigenvalue weighted by Gasteiger charge is -2.08. The molecule has 0 atom stereocenters. The number of benzene rings is 2. The molecule has 2 aromatic carbocycles. The number of rotatable bonds is 4. The maximum absolute atomic E-state index is 13.6. The molecule has 0 saturated heterocycles. The van der Waals surface area contributed by atoms with Gasteiger partial charge in [0.2, 0.25) is 0 Å². The predicted octanol–water partition coefficient (Wildman–Crippen LogP) is 4.26. The first-order chi connectivity index (χ1) is 8.70. The van der Waals surface area contributed by atoms with Crippen molar-refractivity contribution in [1.29, 1.82) is 0 Å². The van der Waals surface area contributed by atoms with Gasteiger partial charge in [0.15, 0.2) is 0 Å². The zero-order chi connectivity index (χ0) is 13.0. The highest BCUT2D eigenvalue weighted by Crippen LogP contribution is 2.24. The van der Waals surface area contributed by atoms with E-state index in [0.29, 0.717) is 17.1 Å². The average Bonchev–Trinajstić information content (AvgIpc) is 2.38. The fourth-order valence-electron chi connectivity index (χ4n) is 1.82. The average molecular weight is 264 g/mol. The van der Waals surface area contributed by atoms with Crippen LogP contribution in [0.15, 0.2) is 42.5 Å². The molecule has 0 radical (unpaired) electrons. The normalized spacial score (nSPS) is 10.6. The minimum Gasteiger partial charge on any atom is -0.313 e. The van der Waals surface area contributed by atoms with E-state index in [1.54, 1.807) is 6.07 Å². The molecular weight excluding hydrogens is 249 g/mol. The van der Waals surface area contributed by atoms with Crippen molar-refractivity contribution in [3.63, 3.8) is 0 Å². The van der Waals surface area contributed by atoms with E-state index in [4.69, 9.17) is 11.6 Å². The third kappa shape index (κ3) is 3.09. The highest BCUT2D eigenvalue weighted by molar-refractivity contribution is 6.30. The van der Waals surface area contributed by atoms with Crippen LogP contribution in [0.1, 0.15) is 12.5 Å². The molecule has 0 unspecified atom stereocenters. The van der Waals surface area contributed by atoms with Crippen LogP contribution in [-0.2, 0) is 6.54 Å². The summed E-state index contributed by atoms with van der Waals surface area (Å²) in [6.45, 7) is 3.36. The molecule has 94 valence electrons. The smallest absolute Gasteiger partial charge is 0.127 e. The Labute approximate surface area is 112 Å². The molecule has 0 saturated carbocycles. The highest BCUT2D eigenvalue weighted by Gasteiger charge is 2.05. The molecular formula is C15H15ClFN. The SMILES string of the molecule is CCNCc1cc(-c2cccc(Cl)c2)ccc1F. The van der Waals surface area contributed by atoms with Gasteiger partial charge >= 0.3 is 0 Å². The van der Waals surface area contributed by atoms with Gasteiger partial charge in [-0.1, -0.05) is 36.7 Å². The van der Waals surface area contributed by atoms with Crippen molar-refractivity contribution in [2.45, 2.75) is 13.5 Å². The molecule has 0 aliphatic carbocycles. The third-order valence-electron chi connectivity index (χ3n) is 2.77. The zero-order valence-electron chi connectivity index (χ0n) is 10.2. The van der Waals surface area contributed by atoms with E-state index in [2.05, 4.69) is 5.32 Å². The van der Waals surface area contributed by atoms with E-state index in [1.165, 1.54) is 6.07 Å². The van der Waals surface area contributed by atoms with E-state index in [9.17, 15) is 4.39 Å². The first-order valence-corrected chi connectivity index (χ1v) is 6.33.